The molecule has 0 aromatic heterocycles. The molecule has 0 bridgehead atoms. The van der Waals surface area contributed by atoms with Gasteiger partial charge in [-0.25, -0.2) is 0 Å². The van der Waals surface area contributed by atoms with Crippen molar-refractivity contribution < 1.29 is 14.6 Å². The van der Waals surface area contributed by atoms with Gasteiger partial charge in [0, 0.05) is 0 Å². The van der Waals surface area contributed by atoms with Crippen LogP contribution in [0.5, 0.6) is 0 Å². The van der Waals surface area contributed by atoms with Crippen LogP contribution < -0.4 is 0 Å². The third kappa shape index (κ3) is 3.86. The summed E-state index contributed by atoms with van der Waals surface area (Å²) in [5.41, 5.74) is 0. The standard InChI is InChI=1S/C7H10O3/c1-3-6(8)5-7(9)10-4-2/h3-4,6,8H,1-2,5H2. The molecule has 0 aromatic carbocycles. The molecule has 1 atom stereocenters. The molecule has 3 heteroatoms. The molecule has 1 unspecified atom stereocenters. The highest BCUT2D eigenvalue weighted by molar-refractivity contribution is 5.70. The minimum atomic E-state index is -0.826. The van der Waals surface area contributed by atoms with Gasteiger partial charge in [-0.1, -0.05) is 12.7 Å². The predicted molar refractivity (Wildman–Crippen MR) is 37.1 cm³/mol. The van der Waals surface area contributed by atoms with E-state index in [9.17, 15) is 4.79 Å². The molecule has 0 radical (unpaired) electrons. The van der Waals surface area contributed by atoms with E-state index < -0.39 is 12.1 Å². The molecule has 56 valence electrons. The second kappa shape index (κ2) is 4.76. The molecule has 0 heterocycles. The first kappa shape index (κ1) is 8.91. The van der Waals surface area contributed by atoms with Crippen molar-refractivity contribution in [3.63, 3.8) is 0 Å². The van der Waals surface area contributed by atoms with Gasteiger partial charge in [-0.15, -0.1) is 6.58 Å². The minimum Gasteiger partial charge on any atom is -0.435 e. The van der Waals surface area contributed by atoms with Crippen molar-refractivity contribution in [2.75, 3.05) is 0 Å². The van der Waals surface area contributed by atoms with E-state index in [0.29, 0.717) is 0 Å². The average Bonchev–Trinajstić information content (AvgIpc) is 1.88. The first-order chi connectivity index (χ1) is 4.70. The van der Waals surface area contributed by atoms with E-state index in [1.807, 2.05) is 0 Å². The lowest BCUT2D eigenvalue weighted by Gasteiger charge is -2.01. The quantitative estimate of drug-likeness (QED) is 0.355. The maximum atomic E-state index is 10.5. The number of hydrogen-bond acceptors (Lipinski definition) is 3. The van der Waals surface area contributed by atoms with Gasteiger partial charge in [0.2, 0.25) is 0 Å². The summed E-state index contributed by atoms with van der Waals surface area (Å²) in [7, 11) is 0. The van der Waals surface area contributed by atoms with Crippen molar-refractivity contribution in [3.8, 4) is 0 Å². The van der Waals surface area contributed by atoms with Gasteiger partial charge in [0.15, 0.2) is 0 Å². The highest BCUT2D eigenvalue weighted by Gasteiger charge is 2.06. The van der Waals surface area contributed by atoms with E-state index in [1.165, 1.54) is 6.08 Å². The van der Waals surface area contributed by atoms with Crippen LogP contribution in [-0.4, -0.2) is 17.2 Å². The van der Waals surface area contributed by atoms with Crippen LogP contribution >= 0.6 is 0 Å². The fraction of sp³-hybridized carbons (Fsp3) is 0.286. The van der Waals surface area contributed by atoms with Crippen LogP contribution in [0.1, 0.15) is 6.42 Å². The Hall–Kier alpha value is -1.09. The zero-order valence-electron chi connectivity index (χ0n) is 5.62. The van der Waals surface area contributed by atoms with Crippen molar-refractivity contribution in [1.82, 2.24) is 0 Å². The molecule has 1 N–H and O–H groups in total. The van der Waals surface area contributed by atoms with Crippen LogP contribution in [0.25, 0.3) is 0 Å². The molecule has 3 nitrogen and oxygen atoms in total. The molecule has 0 saturated heterocycles. The lowest BCUT2D eigenvalue weighted by Crippen LogP contribution is -2.10. The van der Waals surface area contributed by atoms with E-state index >= 15 is 0 Å². The second-order valence-corrected chi connectivity index (χ2v) is 1.66. The van der Waals surface area contributed by atoms with Gasteiger partial charge >= 0.3 is 5.97 Å². The van der Waals surface area contributed by atoms with Gasteiger partial charge in [0.25, 0.3) is 0 Å². The number of rotatable bonds is 4. The summed E-state index contributed by atoms with van der Waals surface area (Å²) in [6.07, 6.45) is 1.39. The molecule has 0 rings (SSSR count). The summed E-state index contributed by atoms with van der Waals surface area (Å²) in [5.74, 6) is -0.512. The van der Waals surface area contributed by atoms with E-state index in [2.05, 4.69) is 17.9 Å². The summed E-state index contributed by atoms with van der Waals surface area (Å²) in [6, 6.07) is 0. The Morgan fingerprint density at radius 1 is 1.70 bits per heavy atom. The zero-order chi connectivity index (χ0) is 7.98. The average molecular weight is 142 g/mol. The highest BCUT2D eigenvalue weighted by Crippen LogP contribution is 1.94. The lowest BCUT2D eigenvalue weighted by molar-refractivity contribution is -0.139. The summed E-state index contributed by atoms with van der Waals surface area (Å²) in [6.45, 7) is 6.47. The van der Waals surface area contributed by atoms with Crippen LogP contribution in [0.15, 0.2) is 25.5 Å². The van der Waals surface area contributed by atoms with Gasteiger partial charge in [0.1, 0.15) is 0 Å². The summed E-state index contributed by atoms with van der Waals surface area (Å²) >= 11 is 0. The maximum absolute atomic E-state index is 10.5. The maximum Gasteiger partial charge on any atom is 0.313 e. The first-order valence-electron chi connectivity index (χ1n) is 2.81. The Kier molecular flexibility index (Phi) is 4.24. The lowest BCUT2D eigenvalue weighted by atomic mass is 10.2. The van der Waals surface area contributed by atoms with Gasteiger partial charge < -0.3 is 9.84 Å². The number of hydrogen-bond donors (Lipinski definition) is 1. The monoisotopic (exact) mass is 142 g/mol. The third-order valence-electron chi connectivity index (χ3n) is 0.863. The fourth-order valence-electron chi connectivity index (χ4n) is 0.395. The Balaban J connectivity index is 3.56. The van der Waals surface area contributed by atoms with Gasteiger partial charge in [-0.3, -0.25) is 4.79 Å². The normalized spacial score (nSPS) is 11.7. The van der Waals surface area contributed by atoms with Crippen molar-refractivity contribution in [1.29, 1.82) is 0 Å². The smallest absolute Gasteiger partial charge is 0.313 e. The number of carbonyl (C=O) groups excluding carboxylic acids is 1. The minimum absolute atomic E-state index is 0.0739. The molecule has 0 fully saturated rings. The number of ether oxygens (including phenoxy) is 1. The highest BCUT2D eigenvalue weighted by atomic mass is 16.5. The summed E-state index contributed by atoms with van der Waals surface area (Å²) in [5, 5.41) is 8.80. The molecule has 0 spiro atoms. The topological polar surface area (TPSA) is 46.5 Å². The number of carbonyl (C=O) groups is 1. The van der Waals surface area contributed by atoms with Crippen molar-refractivity contribution in [2.45, 2.75) is 12.5 Å². The van der Waals surface area contributed by atoms with Crippen LogP contribution in [-0.2, 0) is 9.53 Å². The molecule has 0 aliphatic rings. The second-order valence-electron chi connectivity index (χ2n) is 1.66. The molecular formula is C7H10O3. The molecule has 0 aliphatic heterocycles. The SMILES string of the molecule is C=COC(=O)CC(O)C=C. The number of esters is 1. The predicted octanol–water partition coefficient (Wildman–Crippen LogP) is 0.610. The zero-order valence-corrected chi connectivity index (χ0v) is 5.62. The molecule has 0 amide bonds. The van der Waals surface area contributed by atoms with Crippen LogP contribution in [0, 0.1) is 0 Å². The Labute approximate surface area is 59.6 Å². The Morgan fingerprint density at radius 2 is 2.30 bits per heavy atom. The van der Waals surface area contributed by atoms with Crippen LogP contribution in [0.4, 0.5) is 0 Å². The molecular weight excluding hydrogens is 132 g/mol. The first-order valence-corrected chi connectivity index (χ1v) is 2.81. The van der Waals surface area contributed by atoms with E-state index in [4.69, 9.17) is 5.11 Å². The van der Waals surface area contributed by atoms with E-state index in [0.717, 1.165) is 6.26 Å². The summed E-state index contributed by atoms with van der Waals surface area (Å²) < 4.78 is 4.33. The fourth-order valence-corrected chi connectivity index (χ4v) is 0.395. The van der Waals surface area contributed by atoms with Gasteiger partial charge in [0.05, 0.1) is 18.8 Å². The largest absolute Gasteiger partial charge is 0.435 e. The van der Waals surface area contributed by atoms with Gasteiger partial charge in [-0.05, 0) is 0 Å². The van der Waals surface area contributed by atoms with Crippen molar-refractivity contribution in [3.05, 3.63) is 25.5 Å². The third-order valence-corrected chi connectivity index (χ3v) is 0.863. The summed E-state index contributed by atoms with van der Waals surface area (Å²) in [4.78, 5) is 10.5. The van der Waals surface area contributed by atoms with Crippen LogP contribution in [0.3, 0.4) is 0 Å². The Morgan fingerprint density at radius 3 is 2.70 bits per heavy atom. The molecule has 0 saturated carbocycles. The van der Waals surface area contributed by atoms with Crippen LogP contribution in [0.2, 0.25) is 0 Å². The molecule has 0 aliphatic carbocycles. The van der Waals surface area contributed by atoms with E-state index in [-0.39, 0.29) is 6.42 Å². The molecule has 0 aromatic rings. The molecule has 10 heavy (non-hydrogen) atoms. The van der Waals surface area contributed by atoms with Gasteiger partial charge in [-0.2, -0.15) is 0 Å². The van der Waals surface area contributed by atoms with E-state index in [1.54, 1.807) is 0 Å². The van der Waals surface area contributed by atoms with Crippen molar-refractivity contribution >= 4 is 5.97 Å². The Bertz CT molecular complexity index is 140. The number of aliphatic hydroxyl groups is 1. The number of aliphatic hydroxyl groups excluding tert-OH is 1. The van der Waals surface area contributed by atoms with Crippen molar-refractivity contribution in [2.24, 2.45) is 0 Å².